The smallest absolute Gasteiger partial charge is 0.197 e. The van der Waals surface area contributed by atoms with Crippen LogP contribution in [0.1, 0.15) is 17.9 Å². The van der Waals surface area contributed by atoms with Gasteiger partial charge in [0, 0.05) is 30.2 Å². The van der Waals surface area contributed by atoms with Gasteiger partial charge in [0.2, 0.25) is 0 Å². The lowest BCUT2D eigenvalue weighted by molar-refractivity contribution is 0.0630. The fraction of sp³-hybridized carbons (Fsp3) is 0.286. The van der Waals surface area contributed by atoms with Gasteiger partial charge in [0.25, 0.3) is 0 Å². The van der Waals surface area contributed by atoms with E-state index in [1.54, 1.807) is 6.07 Å². The van der Waals surface area contributed by atoms with Crippen LogP contribution in [0.15, 0.2) is 45.6 Å². The van der Waals surface area contributed by atoms with Crippen LogP contribution in [0.3, 0.4) is 0 Å². The number of fused-ring (bicyclic) bond motifs is 1. The molecule has 0 saturated carbocycles. The third-order valence-corrected chi connectivity index (χ3v) is 5.29. The van der Waals surface area contributed by atoms with Gasteiger partial charge in [-0.05, 0) is 32.1 Å². The van der Waals surface area contributed by atoms with Crippen molar-refractivity contribution in [3.8, 4) is 22.8 Å². The van der Waals surface area contributed by atoms with E-state index in [0.717, 1.165) is 12.1 Å². The van der Waals surface area contributed by atoms with E-state index in [4.69, 9.17) is 4.42 Å². The molecule has 0 amide bonds. The van der Waals surface area contributed by atoms with Gasteiger partial charge in [-0.3, -0.25) is 4.79 Å². The van der Waals surface area contributed by atoms with Crippen LogP contribution in [0.4, 0.5) is 4.39 Å². The lowest BCUT2D eigenvalue weighted by Crippen LogP contribution is -2.40. The highest BCUT2D eigenvalue weighted by Gasteiger charge is 2.33. The second-order valence-corrected chi connectivity index (χ2v) is 7.21. The molecule has 1 saturated heterocycles. The first kappa shape index (κ1) is 18.5. The zero-order valence-corrected chi connectivity index (χ0v) is 15.2. The molecule has 7 heteroatoms. The van der Waals surface area contributed by atoms with Crippen molar-refractivity contribution in [3.63, 3.8) is 0 Å². The molecule has 0 radical (unpaired) electrons. The minimum atomic E-state index is -0.792. The SMILES string of the molecule is CN1CC[C@H](c2c(O)cc(O)c3c(=O)cc(-c4ccccc4F)oc23)[C@H](O)C1. The number of phenols is 2. The van der Waals surface area contributed by atoms with E-state index in [9.17, 15) is 24.5 Å². The molecule has 3 aromatic rings. The van der Waals surface area contributed by atoms with Crippen LogP contribution in [-0.2, 0) is 0 Å². The number of benzene rings is 2. The number of hydrogen-bond acceptors (Lipinski definition) is 6. The van der Waals surface area contributed by atoms with Gasteiger partial charge in [-0.2, -0.15) is 0 Å². The molecule has 0 aliphatic carbocycles. The monoisotopic (exact) mass is 385 g/mol. The lowest BCUT2D eigenvalue weighted by Gasteiger charge is -2.34. The molecule has 3 N–H and O–H groups in total. The number of aromatic hydroxyl groups is 2. The van der Waals surface area contributed by atoms with Crippen molar-refractivity contribution in [1.29, 1.82) is 0 Å². The molecule has 0 bridgehead atoms. The third kappa shape index (κ3) is 3.02. The van der Waals surface area contributed by atoms with Crippen molar-refractivity contribution in [1.82, 2.24) is 4.90 Å². The molecule has 28 heavy (non-hydrogen) atoms. The Morgan fingerprint density at radius 1 is 1.18 bits per heavy atom. The lowest BCUT2D eigenvalue weighted by atomic mass is 9.85. The number of halogens is 1. The number of phenolic OH excluding ortho intramolecular Hbond substituents is 2. The second kappa shape index (κ2) is 6.92. The number of piperidine rings is 1. The summed E-state index contributed by atoms with van der Waals surface area (Å²) in [7, 11) is 1.88. The summed E-state index contributed by atoms with van der Waals surface area (Å²) in [5.74, 6) is -1.75. The molecule has 0 unspecified atom stereocenters. The summed E-state index contributed by atoms with van der Waals surface area (Å²) in [6, 6.07) is 8.07. The Labute approximate surface area is 160 Å². The van der Waals surface area contributed by atoms with Crippen molar-refractivity contribution in [3.05, 3.63) is 58.0 Å². The summed E-state index contributed by atoms with van der Waals surface area (Å²) in [6.07, 6.45) is -0.265. The summed E-state index contributed by atoms with van der Waals surface area (Å²) < 4.78 is 20.1. The first-order chi connectivity index (χ1) is 13.4. The van der Waals surface area contributed by atoms with Gasteiger partial charge in [-0.1, -0.05) is 12.1 Å². The van der Waals surface area contributed by atoms with E-state index < -0.39 is 29.0 Å². The van der Waals surface area contributed by atoms with Gasteiger partial charge in [0.1, 0.15) is 34.0 Å². The van der Waals surface area contributed by atoms with E-state index in [0.29, 0.717) is 19.5 Å². The maximum absolute atomic E-state index is 14.2. The molecule has 4 rings (SSSR count). The van der Waals surface area contributed by atoms with Crippen LogP contribution >= 0.6 is 0 Å². The predicted molar refractivity (Wildman–Crippen MR) is 102 cm³/mol. The topological polar surface area (TPSA) is 94.1 Å². The Morgan fingerprint density at radius 2 is 1.93 bits per heavy atom. The molecule has 1 aromatic heterocycles. The molecule has 2 heterocycles. The average Bonchev–Trinajstić information content (AvgIpc) is 2.63. The maximum atomic E-state index is 14.2. The van der Waals surface area contributed by atoms with Crippen LogP contribution in [0.2, 0.25) is 0 Å². The minimum Gasteiger partial charge on any atom is -0.507 e. The van der Waals surface area contributed by atoms with Crippen LogP contribution < -0.4 is 5.43 Å². The van der Waals surface area contributed by atoms with E-state index in [1.807, 2.05) is 11.9 Å². The summed E-state index contributed by atoms with van der Waals surface area (Å²) >= 11 is 0. The molecule has 6 nitrogen and oxygen atoms in total. The number of likely N-dealkylation sites (N-methyl/N-ethyl adjacent to an activating group) is 1. The maximum Gasteiger partial charge on any atom is 0.197 e. The molecule has 146 valence electrons. The zero-order chi connectivity index (χ0) is 20.0. The highest BCUT2D eigenvalue weighted by atomic mass is 19.1. The van der Waals surface area contributed by atoms with Gasteiger partial charge < -0.3 is 24.6 Å². The third-order valence-electron chi connectivity index (χ3n) is 5.29. The minimum absolute atomic E-state index is 0.00994. The Bertz CT molecular complexity index is 1110. The molecule has 1 aliphatic heterocycles. The van der Waals surface area contributed by atoms with E-state index in [-0.39, 0.29) is 33.6 Å². The van der Waals surface area contributed by atoms with Crippen LogP contribution in [-0.4, -0.2) is 46.5 Å². The normalized spacial score (nSPS) is 20.5. The average molecular weight is 385 g/mol. The summed E-state index contributed by atoms with van der Waals surface area (Å²) in [6.45, 7) is 1.07. The van der Waals surface area contributed by atoms with Crippen LogP contribution in [0.5, 0.6) is 11.5 Å². The van der Waals surface area contributed by atoms with Crippen LogP contribution in [0, 0.1) is 5.82 Å². The van der Waals surface area contributed by atoms with Crippen LogP contribution in [0.25, 0.3) is 22.3 Å². The van der Waals surface area contributed by atoms with Gasteiger partial charge in [0.05, 0.1) is 11.7 Å². The number of nitrogens with zero attached hydrogens (tertiary/aromatic N) is 1. The highest BCUT2D eigenvalue weighted by molar-refractivity contribution is 5.89. The number of aliphatic hydroxyl groups excluding tert-OH is 1. The van der Waals surface area contributed by atoms with E-state index in [1.165, 1.54) is 18.2 Å². The van der Waals surface area contributed by atoms with E-state index in [2.05, 4.69) is 0 Å². The molecule has 1 aliphatic rings. The number of hydrogen-bond donors (Lipinski definition) is 3. The molecule has 0 spiro atoms. The van der Waals surface area contributed by atoms with Crippen molar-refractivity contribution in [2.75, 3.05) is 20.1 Å². The van der Waals surface area contributed by atoms with Crippen molar-refractivity contribution in [2.45, 2.75) is 18.4 Å². The second-order valence-electron chi connectivity index (χ2n) is 7.21. The van der Waals surface area contributed by atoms with Crippen molar-refractivity contribution < 1.29 is 24.1 Å². The molecular formula is C21H20FNO5. The van der Waals surface area contributed by atoms with Gasteiger partial charge in [0.15, 0.2) is 5.43 Å². The van der Waals surface area contributed by atoms with Crippen molar-refractivity contribution >= 4 is 11.0 Å². The summed E-state index contributed by atoms with van der Waals surface area (Å²) in [4.78, 5) is 14.7. The Morgan fingerprint density at radius 3 is 2.64 bits per heavy atom. The number of rotatable bonds is 2. The first-order valence-electron chi connectivity index (χ1n) is 9.01. The first-order valence-corrected chi connectivity index (χ1v) is 9.01. The van der Waals surface area contributed by atoms with Gasteiger partial charge >= 0.3 is 0 Å². The predicted octanol–water partition coefficient (Wildman–Crippen LogP) is 2.79. The molecular weight excluding hydrogens is 365 g/mol. The quantitative estimate of drug-likeness (QED) is 0.628. The molecule has 2 atom stereocenters. The highest BCUT2D eigenvalue weighted by Crippen LogP contribution is 2.42. The summed E-state index contributed by atoms with van der Waals surface area (Å²) in [5, 5.41) is 31.2. The standard InChI is InChI=1S/C21H20FNO5/c1-23-7-6-12(17(27)10-23)19-14(24)8-15(25)20-16(26)9-18(28-21(19)20)11-4-2-3-5-13(11)22/h2-5,8-9,12,17,24-25,27H,6-7,10H2,1H3/t12-,17+/m0/s1. The molecule has 1 fully saturated rings. The zero-order valence-electron chi connectivity index (χ0n) is 15.2. The Balaban J connectivity index is 2.00. The Hall–Kier alpha value is -2.90. The number of β-amino-alcohol motifs (C(OH)–C–C–N with tert-alkyl or cyclic N) is 1. The summed E-state index contributed by atoms with van der Waals surface area (Å²) in [5.41, 5.74) is -0.236. The number of aliphatic hydroxyl groups is 1. The van der Waals surface area contributed by atoms with Gasteiger partial charge in [-0.15, -0.1) is 0 Å². The fourth-order valence-corrected chi connectivity index (χ4v) is 3.90. The van der Waals surface area contributed by atoms with Gasteiger partial charge in [-0.25, -0.2) is 4.39 Å². The van der Waals surface area contributed by atoms with E-state index >= 15 is 0 Å². The molecule has 2 aromatic carbocycles. The fourth-order valence-electron chi connectivity index (χ4n) is 3.90. The largest absolute Gasteiger partial charge is 0.507 e. The number of likely N-dealkylation sites (tertiary alicyclic amines) is 1. The van der Waals surface area contributed by atoms with Crippen molar-refractivity contribution in [2.24, 2.45) is 0 Å². The Kier molecular flexibility index (Phi) is 4.56.